The van der Waals surface area contributed by atoms with E-state index in [1.807, 2.05) is 13.8 Å². The number of hydrogen-bond donors (Lipinski definition) is 0. The Bertz CT molecular complexity index is 677. The molecule has 0 spiro atoms. The summed E-state index contributed by atoms with van der Waals surface area (Å²) in [5, 5.41) is 0. The first-order valence-electron chi connectivity index (χ1n) is 6.58. The minimum absolute atomic E-state index is 0.107. The second-order valence-electron chi connectivity index (χ2n) is 5.47. The zero-order valence-corrected chi connectivity index (χ0v) is 12.9. The van der Waals surface area contributed by atoms with Crippen molar-refractivity contribution in [2.24, 2.45) is 0 Å². The monoisotopic (exact) mass is 317 g/mol. The SMILES string of the molecule is CC(C)c1cc(-c2c(F)c(F)c(F)c(F)c2C(C)C)sn1. The van der Waals surface area contributed by atoms with Crippen LogP contribution in [0.15, 0.2) is 6.07 Å². The van der Waals surface area contributed by atoms with Gasteiger partial charge in [-0.05, 0) is 29.4 Å². The largest absolute Gasteiger partial charge is 0.203 e. The number of aromatic nitrogens is 1. The summed E-state index contributed by atoms with van der Waals surface area (Å²) < 4.78 is 59.3. The van der Waals surface area contributed by atoms with Crippen LogP contribution in [0.2, 0.25) is 0 Å². The summed E-state index contributed by atoms with van der Waals surface area (Å²) in [6.45, 7) is 7.01. The maximum Gasteiger partial charge on any atom is 0.198 e. The molecule has 6 heteroatoms. The average molecular weight is 317 g/mol. The zero-order chi connectivity index (χ0) is 15.9. The molecule has 0 saturated carbocycles. The van der Waals surface area contributed by atoms with Crippen molar-refractivity contribution in [3.63, 3.8) is 0 Å². The quantitative estimate of drug-likeness (QED) is 0.407. The lowest BCUT2D eigenvalue weighted by Gasteiger charge is -2.15. The molecule has 0 fully saturated rings. The van der Waals surface area contributed by atoms with Crippen LogP contribution in [0.4, 0.5) is 17.6 Å². The van der Waals surface area contributed by atoms with Crippen LogP contribution < -0.4 is 0 Å². The second-order valence-corrected chi connectivity index (χ2v) is 6.28. The van der Waals surface area contributed by atoms with Gasteiger partial charge >= 0.3 is 0 Å². The van der Waals surface area contributed by atoms with E-state index in [9.17, 15) is 17.6 Å². The highest BCUT2D eigenvalue weighted by Gasteiger charge is 2.28. The normalized spacial score (nSPS) is 11.7. The number of benzene rings is 1. The summed E-state index contributed by atoms with van der Waals surface area (Å²) in [4.78, 5) is 0.303. The molecule has 0 saturated heterocycles. The predicted octanol–water partition coefficient (Wildman–Crippen LogP) is 5.61. The molecule has 0 radical (unpaired) electrons. The summed E-state index contributed by atoms with van der Waals surface area (Å²) in [6, 6.07) is 1.59. The Labute approximate surface area is 124 Å². The van der Waals surface area contributed by atoms with E-state index in [1.165, 1.54) is 0 Å². The van der Waals surface area contributed by atoms with Gasteiger partial charge in [0.1, 0.15) is 0 Å². The van der Waals surface area contributed by atoms with Crippen molar-refractivity contribution in [3.05, 3.63) is 40.6 Å². The van der Waals surface area contributed by atoms with Crippen molar-refractivity contribution in [2.75, 3.05) is 0 Å². The van der Waals surface area contributed by atoms with E-state index in [0.29, 0.717) is 10.6 Å². The van der Waals surface area contributed by atoms with Crippen LogP contribution in [-0.2, 0) is 0 Å². The molecule has 0 unspecified atom stereocenters. The third-order valence-electron chi connectivity index (χ3n) is 3.25. The van der Waals surface area contributed by atoms with E-state index in [2.05, 4.69) is 4.37 Å². The third-order valence-corrected chi connectivity index (χ3v) is 4.07. The van der Waals surface area contributed by atoms with Gasteiger partial charge in [-0.2, -0.15) is 4.37 Å². The van der Waals surface area contributed by atoms with E-state index >= 15 is 0 Å². The molecule has 0 aliphatic heterocycles. The van der Waals surface area contributed by atoms with Crippen molar-refractivity contribution in [3.8, 4) is 10.4 Å². The van der Waals surface area contributed by atoms with Gasteiger partial charge in [-0.25, -0.2) is 17.6 Å². The summed E-state index contributed by atoms with van der Waals surface area (Å²) in [5.41, 5.74) is 0.311. The van der Waals surface area contributed by atoms with Gasteiger partial charge in [0.2, 0.25) is 0 Å². The number of halogens is 4. The smallest absolute Gasteiger partial charge is 0.198 e. The maximum absolute atomic E-state index is 14.2. The lowest BCUT2D eigenvalue weighted by atomic mass is 9.94. The van der Waals surface area contributed by atoms with Crippen LogP contribution in [0.5, 0.6) is 0 Å². The fourth-order valence-electron chi connectivity index (χ4n) is 2.11. The Balaban J connectivity index is 2.77. The molecule has 114 valence electrons. The Hall–Kier alpha value is -1.43. The van der Waals surface area contributed by atoms with E-state index < -0.39 is 29.2 Å². The summed E-state index contributed by atoms with van der Waals surface area (Å²) in [6.07, 6.45) is 0. The molecule has 0 aliphatic rings. The van der Waals surface area contributed by atoms with Gasteiger partial charge in [-0.1, -0.05) is 27.7 Å². The number of nitrogens with zero attached hydrogens (tertiary/aromatic N) is 1. The first-order valence-corrected chi connectivity index (χ1v) is 7.35. The van der Waals surface area contributed by atoms with Gasteiger partial charge in [0.05, 0.1) is 10.6 Å². The van der Waals surface area contributed by atoms with Crippen LogP contribution in [-0.4, -0.2) is 4.37 Å². The topological polar surface area (TPSA) is 12.9 Å². The molecule has 1 aromatic carbocycles. The van der Waals surface area contributed by atoms with Gasteiger partial charge in [0.15, 0.2) is 23.3 Å². The highest BCUT2D eigenvalue weighted by atomic mass is 32.1. The first-order chi connectivity index (χ1) is 9.75. The van der Waals surface area contributed by atoms with Crippen LogP contribution in [0.25, 0.3) is 10.4 Å². The summed E-state index contributed by atoms with van der Waals surface area (Å²) >= 11 is 0.954. The molecule has 0 N–H and O–H groups in total. The molecular weight excluding hydrogens is 302 g/mol. The first kappa shape index (κ1) is 15.9. The third kappa shape index (κ3) is 2.69. The van der Waals surface area contributed by atoms with Crippen LogP contribution in [0.3, 0.4) is 0 Å². The molecule has 1 nitrogen and oxygen atoms in total. The molecule has 1 heterocycles. The minimum atomic E-state index is -1.79. The van der Waals surface area contributed by atoms with E-state index in [4.69, 9.17) is 0 Å². The molecule has 2 rings (SSSR count). The Morgan fingerprint density at radius 2 is 1.43 bits per heavy atom. The molecule has 0 bridgehead atoms. The second kappa shape index (κ2) is 5.75. The lowest BCUT2D eigenvalue weighted by Crippen LogP contribution is -2.07. The van der Waals surface area contributed by atoms with Crippen LogP contribution >= 0.6 is 11.5 Å². The van der Waals surface area contributed by atoms with E-state index in [-0.39, 0.29) is 17.0 Å². The standard InChI is InChI=1S/C15H15F4NS/c1-6(2)8-5-9(21-20-8)11-10(7(3)4)12(16)14(18)15(19)13(11)17/h5-7H,1-4H3. The van der Waals surface area contributed by atoms with Gasteiger partial charge in [0, 0.05) is 11.1 Å². The minimum Gasteiger partial charge on any atom is -0.203 e. The molecule has 0 amide bonds. The van der Waals surface area contributed by atoms with Gasteiger partial charge in [-0.3, -0.25) is 0 Å². The fourth-order valence-corrected chi connectivity index (χ4v) is 3.04. The van der Waals surface area contributed by atoms with E-state index in [1.54, 1.807) is 19.9 Å². The summed E-state index contributed by atoms with van der Waals surface area (Å²) in [7, 11) is 0. The Morgan fingerprint density at radius 1 is 0.857 bits per heavy atom. The van der Waals surface area contributed by atoms with Crippen molar-refractivity contribution in [1.29, 1.82) is 0 Å². The zero-order valence-electron chi connectivity index (χ0n) is 12.1. The Morgan fingerprint density at radius 3 is 1.90 bits per heavy atom. The van der Waals surface area contributed by atoms with E-state index in [0.717, 1.165) is 11.5 Å². The van der Waals surface area contributed by atoms with Crippen molar-refractivity contribution < 1.29 is 17.6 Å². The molecular formula is C15H15F4NS. The molecule has 0 aliphatic carbocycles. The molecule has 0 atom stereocenters. The van der Waals surface area contributed by atoms with Crippen LogP contribution in [0, 0.1) is 23.3 Å². The average Bonchev–Trinajstić information content (AvgIpc) is 2.89. The van der Waals surface area contributed by atoms with Gasteiger partial charge in [-0.15, -0.1) is 0 Å². The summed E-state index contributed by atoms with van der Waals surface area (Å²) in [5.74, 6) is -6.64. The fraction of sp³-hybridized carbons (Fsp3) is 0.400. The molecule has 21 heavy (non-hydrogen) atoms. The van der Waals surface area contributed by atoms with Crippen molar-refractivity contribution in [2.45, 2.75) is 39.5 Å². The molecule has 2 aromatic rings. The number of hydrogen-bond acceptors (Lipinski definition) is 2. The van der Waals surface area contributed by atoms with Crippen molar-refractivity contribution >= 4 is 11.5 Å². The number of rotatable bonds is 3. The lowest BCUT2D eigenvalue weighted by molar-refractivity contribution is 0.403. The Kier molecular flexibility index (Phi) is 4.37. The highest BCUT2D eigenvalue weighted by molar-refractivity contribution is 7.09. The van der Waals surface area contributed by atoms with Crippen molar-refractivity contribution in [1.82, 2.24) is 4.37 Å². The predicted molar refractivity (Wildman–Crippen MR) is 75.6 cm³/mol. The highest BCUT2D eigenvalue weighted by Crippen LogP contribution is 2.39. The molecule has 1 aromatic heterocycles. The van der Waals surface area contributed by atoms with Gasteiger partial charge < -0.3 is 0 Å². The maximum atomic E-state index is 14.2. The van der Waals surface area contributed by atoms with Crippen LogP contribution in [0.1, 0.15) is 50.8 Å². The van der Waals surface area contributed by atoms with Gasteiger partial charge in [0.25, 0.3) is 0 Å².